The van der Waals surface area contributed by atoms with Crippen molar-refractivity contribution in [2.24, 2.45) is 5.92 Å². The van der Waals surface area contributed by atoms with Gasteiger partial charge in [0.25, 0.3) is 0 Å². The van der Waals surface area contributed by atoms with Crippen molar-refractivity contribution >= 4 is 0 Å². The molecule has 2 aromatic heterocycles. The number of rotatable bonds is 6. The Morgan fingerprint density at radius 3 is 3.25 bits per heavy atom. The largest absolute Gasteiger partial charge is 0.373 e. The van der Waals surface area contributed by atoms with Crippen molar-refractivity contribution in [2.75, 3.05) is 13.2 Å². The quantitative estimate of drug-likeness (QED) is 0.838. The first kappa shape index (κ1) is 13.3. The van der Waals surface area contributed by atoms with Gasteiger partial charge in [0.05, 0.1) is 18.8 Å². The van der Waals surface area contributed by atoms with Crippen LogP contribution in [0, 0.1) is 5.92 Å². The molecule has 3 rings (SSSR count). The normalized spacial score (nSPS) is 22.4. The topological polar surface area (TPSA) is 67.8 Å². The number of nitrogens with one attached hydrogen (secondary N) is 2. The Hall–Kier alpha value is -1.66. The lowest BCUT2D eigenvalue weighted by molar-refractivity contribution is 0.0903. The summed E-state index contributed by atoms with van der Waals surface area (Å²) in [5.41, 5.74) is 1.19. The number of aromatic amines is 1. The number of nitrogens with zero attached hydrogens (tertiary/aromatic N) is 3. The molecule has 2 atom stereocenters. The Labute approximate surface area is 118 Å². The van der Waals surface area contributed by atoms with E-state index in [2.05, 4.69) is 33.5 Å². The summed E-state index contributed by atoms with van der Waals surface area (Å²) in [7, 11) is 0. The van der Waals surface area contributed by atoms with Gasteiger partial charge in [-0.05, 0) is 13.3 Å². The van der Waals surface area contributed by atoms with Gasteiger partial charge in [-0.2, -0.15) is 5.10 Å². The summed E-state index contributed by atoms with van der Waals surface area (Å²) in [6.07, 6.45) is 8.90. The number of hydrogen-bond acceptors (Lipinski definition) is 4. The molecule has 2 N–H and O–H groups in total. The third-order valence-electron chi connectivity index (χ3n) is 3.77. The maximum Gasteiger partial charge on any atom is 0.120 e. The van der Waals surface area contributed by atoms with Gasteiger partial charge in [-0.25, -0.2) is 4.98 Å². The Morgan fingerprint density at radius 1 is 1.55 bits per heavy atom. The van der Waals surface area contributed by atoms with E-state index in [1.165, 1.54) is 5.56 Å². The molecule has 3 heterocycles. The van der Waals surface area contributed by atoms with E-state index in [1.54, 1.807) is 6.20 Å². The van der Waals surface area contributed by atoms with Crippen LogP contribution in [0.25, 0.3) is 0 Å². The van der Waals surface area contributed by atoms with Crippen molar-refractivity contribution < 1.29 is 4.74 Å². The zero-order valence-corrected chi connectivity index (χ0v) is 11.7. The molecule has 0 amide bonds. The van der Waals surface area contributed by atoms with Crippen LogP contribution in [-0.2, 0) is 17.8 Å². The molecule has 1 aliphatic rings. The van der Waals surface area contributed by atoms with Crippen LogP contribution >= 0.6 is 0 Å². The molecular formula is C14H21N5O. The predicted molar refractivity (Wildman–Crippen MR) is 75.0 cm³/mol. The summed E-state index contributed by atoms with van der Waals surface area (Å²) < 4.78 is 7.83. The fraction of sp³-hybridized carbons (Fsp3) is 0.571. The van der Waals surface area contributed by atoms with E-state index >= 15 is 0 Å². The van der Waals surface area contributed by atoms with Crippen LogP contribution in [0.4, 0.5) is 0 Å². The molecule has 0 aromatic carbocycles. The van der Waals surface area contributed by atoms with Gasteiger partial charge in [-0.1, -0.05) is 0 Å². The number of aryl methyl sites for hydroxylation is 1. The molecule has 0 unspecified atom stereocenters. The second-order valence-corrected chi connectivity index (χ2v) is 5.14. The second-order valence-electron chi connectivity index (χ2n) is 5.14. The molecule has 0 aliphatic carbocycles. The lowest BCUT2D eigenvalue weighted by Crippen LogP contribution is -2.25. The molecule has 1 saturated heterocycles. The first-order valence-corrected chi connectivity index (χ1v) is 7.19. The lowest BCUT2D eigenvalue weighted by atomic mass is 9.97. The van der Waals surface area contributed by atoms with Crippen LogP contribution in [-0.4, -0.2) is 32.9 Å². The number of aromatic nitrogens is 4. The Balaban J connectivity index is 1.55. The van der Waals surface area contributed by atoms with E-state index in [9.17, 15) is 0 Å². The average molecular weight is 275 g/mol. The molecule has 1 fully saturated rings. The highest BCUT2D eigenvalue weighted by atomic mass is 16.5. The zero-order valence-electron chi connectivity index (χ0n) is 11.7. The summed E-state index contributed by atoms with van der Waals surface area (Å²) >= 11 is 0. The van der Waals surface area contributed by atoms with E-state index < -0.39 is 0 Å². The molecule has 0 saturated carbocycles. The molecule has 20 heavy (non-hydrogen) atoms. The highest BCUT2D eigenvalue weighted by Crippen LogP contribution is 2.33. The smallest absolute Gasteiger partial charge is 0.120 e. The van der Waals surface area contributed by atoms with Gasteiger partial charge in [0.15, 0.2) is 0 Å². The first-order valence-electron chi connectivity index (χ1n) is 7.19. The zero-order chi connectivity index (χ0) is 13.8. The molecule has 6 heteroatoms. The highest BCUT2D eigenvalue weighted by molar-refractivity contribution is 5.11. The van der Waals surface area contributed by atoms with Crippen molar-refractivity contribution in [2.45, 2.75) is 32.5 Å². The third kappa shape index (κ3) is 2.91. The second kappa shape index (κ2) is 6.19. The van der Waals surface area contributed by atoms with Gasteiger partial charge in [-0.3, -0.25) is 4.68 Å². The summed E-state index contributed by atoms with van der Waals surface area (Å²) in [4.78, 5) is 7.31. The van der Waals surface area contributed by atoms with Crippen LogP contribution in [0.1, 0.15) is 30.8 Å². The number of ether oxygens (including phenoxy) is 1. The van der Waals surface area contributed by atoms with E-state index in [-0.39, 0.29) is 6.10 Å². The van der Waals surface area contributed by atoms with Gasteiger partial charge >= 0.3 is 0 Å². The number of H-pyrrole nitrogens is 1. The predicted octanol–water partition coefficient (Wildman–Crippen LogP) is 1.49. The van der Waals surface area contributed by atoms with E-state index in [1.807, 2.05) is 17.1 Å². The maximum atomic E-state index is 5.88. The van der Waals surface area contributed by atoms with Gasteiger partial charge in [0.2, 0.25) is 0 Å². The highest BCUT2D eigenvalue weighted by Gasteiger charge is 2.30. The van der Waals surface area contributed by atoms with E-state index in [0.717, 1.165) is 38.5 Å². The minimum absolute atomic E-state index is 0.166. The van der Waals surface area contributed by atoms with Crippen molar-refractivity contribution in [1.82, 2.24) is 25.1 Å². The minimum Gasteiger partial charge on any atom is -0.373 e. The molecule has 2 aromatic rings. The molecular weight excluding hydrogens is 254 g/mol. The van der Waals surface area contributed by atoms with Gasteiger partial charge in [0.1, 0.15) is 5.82 Å². The number of imidazole rings is 1. The monoisotopic (exact) mass is 275 g/mol. The summed E-state index contributed by atoms with van der Waals surface area (Å²) in [5, 5.41) is 7.79. The van der Waals surface area contributed by atoms with E-state index in [4.69, 9.17) is 4.74 Å². The molecule has 108 valence electrons. The lowest BCUT2D eigenvalue weighted by Gasteiger charge is -2.17. The van der Waals surface area contributed by atoms with Crippen LogP contribution in [0.2, 0.25) is 0 Å². The maximum absolute atomic E-state index is 5.88. The van der Waals surface area contributed by atoms with Crippen molar-refractivity contribution in [3.63, 3.8) is 0 Å². The molecule has 0 radical (unpaired) electrons. The van der Waals surface area contributed by atoms with Crippen LogP contribution < -0.4 is 5.32 Å². The number of hydrogen-bond donors (Lipinski definition) is 2. The molecule has 6 nitrogen and oxygen atoms in total. The first-order chi connectivity index (χ1) is 9.86. The van der Waals surface area contributed by atoms with Crippen LogP contribution in [0.5, 0.6) is 0 Å². The minimum atomic E-state index is 0.166. The standard InChI is InChI=1S/C14H21N5O/c1-2-19-10-12(8-18-19)14-11(3-6-20-14)7-15-9-13-16-4-5-17-13/h4-5,8,10-11,14-15H,2-3,6-7,9H2,1H3,(H,16,17)/t11-,14+/m1/s1. The molecule has 0 spiro atoms. The fourth-order valence-corrected chi connectivity index (χ4v) is 2.68. The third-order valence-corrected chi connectivity index (χ3v) is 3.77. The van der Waals surface area contributed by atoms with Gasteiger partial charge in [-0.15, -0.1) is 0 Å². The van der Waals surface area contributed by atoms with E-state index in [0.29, 0.717) is 5.92 Å². The summed E-state index contributed by atoms with van der Waals surface area (Å²) in [5.74, 6) is 1.47. The Kier molecular flexibility index (Phi) is 4.13. The molecule has 0 bridgehead atoms. The van der Waals surface area contributed by atoms with Gasteiger partial charge in [0, 0.05) is 49.8 Å². The SMILES string of the molecule is CCn1cc([C@H]2OCC[C@@H]2CNCc2ncc[nH]2)cn1. The Bertz CT molecular complexity index is 521. The van der Waals surface area contributed by atoms with Crippen molar-refractivity contribution in [3.05, 3.63) is 36.2 Å². The molecule has 1 aliphatic heterocycles. The van der Waals surface area contributed by atoms with Crippen molar-refractivity contribution in [3.8, 4) is 0 Å². The van der Waals surface area contributed by atoms with Crippen molar-refractivity contribution in [1.29, 1.82) is 0 Å². The van der Waals surface area contributed by atoms with Crippen LogP contribution in [0.15, 0.2) is 24.8 Å². The van der Waals surface area contributed by atoms with Crippen LogP contribution in [0.3, 0.4) is 0 Å². The fourth-order valence-electron chi connectivity index (χ4n) is 2.68. The average Bonchev–Trinajstić information content (AvgIpc) is 3.20. The van der Waals surface area contributed by atoms with Gasteiger partial charge < -0.3 is 15.0 Å². The Morgan fingerprint density at radius 2 is 2.50 bits per heavy atom. The summed E-state index contributed by atoms with van der Waals surface area (Å²) in [6, 6.07) is 0. The summed E-state index contributed by atoms with van der Waals surface area (Å²) in [6.45, 7) is 5.52.